The first-order valence-corrected chi connectivity index (χ1v) is 6.96. The molecular formula is C10H18ClNOS. The maximum Gasteiger partial charge on any atom is 0.221 e. The maximum atomic E-state index is 11.3. The molecule has 1 rings (SSSR count). The molecule has 82 valence electrons. The van der Waals surface area contributed by atoms with Crippen LogP contribution in [0.1, 0.15) is 32.1 Å². The summed E-state index contributed by atoms with van der Waals surface area (Å²) < 4.78 is 0. The monoisotopic (exact) mass is 235 g/mol. The van der Waals surface area contributed by atoms with Gasteiger partial charge in [0.15, 0.2) is 0 Å². The second-order valence-electron chi connectivity index (χ2n) is 3.72. The molecule has 1 amide bonds. The van der Waals surface area contributed by atoms with Crippen LogP contribution in [0, 0.1) is 0 Å². The van der Waals surface area contributed by atoms with Gasteiger partial charge in [-0.25, -0.2) is 0 Å². The molecule has 0 saturated heterocycles. The number of hydrogen-bond donors (Lipinski definition) is 1. The summed E-state index contributed by atoms with van der Waals surface area (Å²) in [5.41, 5.74) is 0. The first kappa shape index (κ1) is 12.2. The van der Waals surface area contributed by atoms with E-state index in [1.807, 2.05) is 11.8 Å². The highest BCUT2D eigenvalue weighted by Gasteiger charge is 2.21. The van der Waals surface area contributed by atoms with Gasteiger partial charge in [-0.1, -0.05) is 0 Å². The Hall–Kier alpha value is 0.110. The number of thioether (sulfide) groups is 1. The number of carbonyl (C=O) groups is 1. The van der Waals surface area contributed by atoms with Crippen LogP contribution >= 0.6 is 23.4 Å². The quantitative estimate of drug-likeness (QED) is 0.759. The summed E-state index contributed by atoms with van der Waals surface area (Å²) in [6.07, 6.45) is 7.32. The highest BCUT2D eigenvalue weighted by molar-refractivity contribution is 7.99. The minimum atomic E-state index is 0.104. The van der Waals surface area contributed by atoms with Crippen molar-refractivity contribution in [2.45, 2.75) is 43.4 Å². The molecule has 0 aromatic rings. The van der Waals surface area contributed by atoms with E-state index in [2.05, 4.69) is 11.6 Å². The zero-order valence-electron chi connectivity index (χ0n) is 8.59. The molecule has 0 aromatic carbocycles. The predicted octanol–water partition coefficient (Wildman–Crippen LogP) is 2.41. The van der Waals surface area contributed by atoms with Crippen molar-refractivity contribution in [1.29, 1.82) is 0 Å². The van der Waals surface area contributed by atoms with E-state index in [4.69, 9.17) is 11.6 Å². The van der Waals surface area contributed by atoms with Crippen molar-refractivity contribution in [2.24, 2.45) is 0 Å². The third kappa shape index (κ3) is 4.09. The minimum absolute atomic E-state index is 0.104. The third-order valence-corrected chi connectivity index (χ3v) is 4.02. The first-order chi connectivity index (χ1) is 6.76. The Bertz CT molecular complexity index is 181. The zero-order valence-corrected chi connectivity index (χ0v) is 10.2. The fourth-order valence-electron chi connectivity index (χ4n) is 1.83. The van der Waals surface area contributed by atoms with Crippen molar-refractivity contribution < 1.29 is 4.79 Å². The molecule has 0 spiro atoms. The molecule has 1 N–H and O–H groups in total. The minimum Gasteiger partial charge on any atom is -0.353 e. The van der Waals surface area contributed by atoms with Gasteiger partial charge in [0.05, 0.1) is 0 Å². The lowest BCUT2D eigenvalue weighted by atomic mass is 9.95. The van der Waals surface area contributed by atoms with Crippen LogP contribution in [0.2, 0.25) is 0 Å². The summed E-state index contributed by atoms with van der Waals surface area (Å²) in [6.45, 7) is 0. The first-order valence-electron chi connectivity index (χ1n) is 5.14. The summed E-state index contributed by atoms with van der Waals surface area (Å²) in [5.74, 6) is 0.527. The Balaban J connectivity index is 2.18. The molecule has 1 fully saturated rings. The Labute approximate surface area is 95.2 Å². The molecule has 2 nitrogen and oxygen atoms in total. The fraction of sp³-hybridized carbons (Fsp3) is 0.900. The molecule has 1 aliphatic rings. The van der Waals surface area contributed by atoms with Crippen molar-refractivity contribution in [1.82, 2.24) is 5.32 Å². The van der Waals surface area contributed by atoms with Gasteiger partial charge in [-0.2, -0.15) is 11.8 Å². The van der Waals surface area contributed by atoms with E-state index in [0.717, 1.165) is 18.1 Å². The summed E-state index contributed by atoms with van der Waals surface area (Å²) in [6, 6.07) is 0.397. The molecule has 14 heavy (non-hydrogen) atoms. The molecular weight excluding hydrogens is 218 g/mol. The summed E-state index contributed by atoms with van der Waals surface area (Å²) in [4.78, 5) is 11.3. The van der Waals surface area contributed by atoms with Gasteiger partial charge >= 0.3 is 0 Å². The Kier molecular flexibility index (Phi) is 5.71. The number of alkyl halides is 1. The van der Waals surface area contributed by atoms with E-state index in [1.54, 1.807) is 0 Å². The number of halogens is 1. The Morgan fingerprint density at radius 2 is 2.07 bits per heavy atom. The molecule has 4 heteroatoms. The Morgan fingerprint density at radius 1 is 1.43 bits per heavy atom. The molecule has 0 atom stereocenters. The van der Waals surface area contributed by atoms with Crippen LogP contribution in [0.5, 0.6) is 0 Å². The number of nitrogens with one attached hydrogen (secondary N) is 1. The highest BCUT2D eigenvalue weighted by Crippen LogP contribution is 2.26. The summed E-state index contributed by atoms with van der Waals surface area (Å²) >= 11 is 7.44. The van der Waals surface area contributed by atoms with E-state index in [1.165, 1.54) is 12.8 Å². The van der Waals surface area contributed by atoms with Crippen LogP contribution in [-0.4, -0.2) is 29.3 Å². The number of amides is 1. The zero-order chi connectivity index (χ0) is 10.4. The molecule has 0 aromatic heterocycles. The number of rotatable bonds is 4. The Morgan fingerprint density at radius 3 is 2.57 bits per heavy atom. The van der Waals surface area contributed by atoms with Crippen LogP contribution in [0.4, 0.5) is 0 Å². The lowest BCUT2D eigenvalue weighted by Crippen LogP contribution is -2.38. The second-order valence-corrected chi connectivity index (χ2v) is 5.23. The van der Waals surface area contributed by atoms with Gasteiger partial charge in [0.25, 0.3) is 0 Å². The molecule has 0 heterocycles. The SMILES string of the molecule is CSC1CCC(NC(=O)CCCl)CC1. The molecule has 0 radical (unpaired) electrons. The van der Waals surface area contributed by atoms with Crippen molar-refractivity contribution in [2.75, 3.05) is 12.1 Å². The molecule has 1 aliphatic carbocycles. The van der Waals surface area contributed by atoms with E-state index in [0.29, 0.717) is 18.3 Å². The van der Waals surface area contributed by atoms with Crippen LogP contribution in [0.3, 0.4) is 0 Å². The lowest BCUT2D eigenvalue weighted by Gasteiger charge is -2.27. The average molecular weight is 236 g/mol. The summed E-state index contributed by atoms with van der Waals surface area (Å²) in [7, 11) is 0. The van der Waals surface area contributed by atoms with E-state index >= 15 is 0 Å². The van der Waals surface area contributed by atoms with Crippen molar-refractivity contribution in [3.63, 3.8) is 0 Å². The topological polar surface area (TPSA) is 29.1 Å². The van der Waals surface area contributed by atoms with Gasteiger partial charge in [-0.15, -0.1) is 11.6 Å². The van der Waals surface area contributed by atoms with Crippen molar-refractivity contribution >= 4 is 29.3 Å². The van der Waals surface area contributed by atoms with Crippen molar-refractivity contribution in [3.05, 3.63) is 0 Å². The standard InChI is InChI=1S/C10H18ClNOS/c1-14-9-4-2-8(3-5-9)12-10(13)6-7-11/h8-9H,2-7H2,1H3,(H,12,13). The van der Waals surface area contributed by atoms with Gasteiger partial charge < -0.3 is 5.32 Å². The average Bonchev–Trinajstić information content (AvgIpc) is 2.19. The van der Waals surface area contributed by atoms with Crippen LogP contribution < -0.4 is 5.32 Å². The van der Waals surface area contributed by atoms with Gasteiger partial charge in [0.2, 0.25) is 5.91 Å². The highest BCUT2D eigenvalue weighted by atomic mass is 35.5. The fourth-order valence-corrected chi connectivity index (χ4v) is 2.74. The lowest BCUT2D eigenvalue weighted by molar-refractivity contribution is -0.121. The van der Waals surface area contributed by atoms with E-state index in [-0.39, 0.29) is 5.91 Å². The second kappa shape index (κ2) is 6.57. The molecule has 1 saturated carbocycles. The number of carbonyl (C=O) groups excluding carboxylic acids is 1. The molecule has 0 unspecified atom stereocenters. The van der Waals surface area contributed by atoms with Gasteiger partial charge in [-0.3, -0.25) is 4.79 Å². The van der Waals surface area contributed by atoms with Crippen LogP contribution in [0.15, 0.2) is 0 Å². The van der Waals surface area contributed by atoms with Crippen molar-refractivity contribution in [3.8, 4) is 0 Å². The maximum absolute atomic E-state index is 11.3. The smallest absolute Gasteiger partial charge is 0.221 e. The van der Waals surface area contributed by atoms with Gasteiger partial charge in [0, 0.05) is 23.6 Å². The van der Waals surface area contributed by atoms with Crippen LogP contribution in [-0.2, 0) is 4.79 Å². The van der Waals surface area contributed by atoms with Crippen LogP contribution in [0.25, 0.3) is 0 Å². The summed E-state index contributed by atoms with van der Waals surface area (Å²) in [5, 5.41) is 3.83. The third-order valence-electron chi connectivity index (χ3n) is 2.69. The predicted molar refractivity (Wildman–Crippen MR) is 63.0 cm³/mol. The largest absolute Gasteiger partial charge is 0.353 e. The normalized spacial score (nSPS) is 27.3. The number of hydrogen-bond acceptors (Lipinski definition) is 2. The van der Waals surface area contributed by atoms with Gasteiger partial charge in [0.1, 0.15) is 0 Å². The van der Waals surface area contributed by atoms with E-state index in [9.17, 15) is 4.79 Å². The molecule has 0 aliphatic heterocycles. The molecule has 0 bridgehead atoms. The van der Waals surface area contributed by atoms with Gasteiger partial charge in [-0.05, 0) is 31.9 Å². The van der Waals surface area contributed by atoms with E-state index < -0.39 is 0 Å².